The number of hydrogen-bond donors (Lipinski definition) is 2. The minimum atomic E-state index is -4.48. The third-order valence-electron chi connectivity index (χ3n) is 3.94. The number of alkyl halides is 3. The maximum atomic E-state index is 12.7. The van der Waals surface area contributed by atoms with Crippen molar-refractivity contribution in [3.63, 3.8) is 0 Å². The topological polar surface area (TPSA) is 89.0 Å². The van der Waals surface area contributed by atoms with Crippen LogP contribution in [-0.4, -0.2) is 39.1 Å². The number of nitrogens with zero attached hydrogens (tertiary/aromatic N) is 2. The minimum absolute atomic E-state index is 0.0502. The van der Waals surface area contributed by atoms with Gasteiger partial charge in [-0.25, -0.2) is 9.89 Å². The van der Waals surface area contributed by atoms with E-state index in [4.69, 9.17) is 4.74 Å². The molecule has 1 aliphatic heterocycles. The monoisotopic (exact) mass is 402 g/mol. The molecule has 2 aromatic rings. The van der Waals surface area contributed by atoms with E-state index in [1.54, 1.807) is 0 Å². The van der Waals surface area contributed by atoms with Crippen molar-refractivity contribution in [2.45, 2.75) is 36.8 Å². The Kier molecular flexibility index (Phi) is 5.90. The highest BCUT2D eigenvalue weighted by atomic mass is 32.2. The van der Waals surface area contributed by atoms with Crippen LogP contribution in [0.4, 0.5) is 18.9 Å². The number of benzene rings is 1. The van der Waals surface area contributed by atoms with Gasteiger partial charge in [-0.1, -0.05) is 17.8 Å². The molecule has 1 amide bonds. The SMILES string of the molecule is O=C(CSc1n[nH]c(=O)n1C[C@H]1CCCO1)Nc1cccc(C(F)(F)F)c1. The predicted molar refractivity (Wildman–Crippen MR) is 92.6 cm³/mol. The minimum Gasteiger partial charge on any atom is -0.376 e. The average Bonchev–Trinajstić information content (AvgIpc) is 3.24. The lowest BCUT2D eigenvalue weighted by Crippen LogP contribution is -2.25. The molecule has 0 saturated carbocycles. The van der Waals surface area contributed by atoms with Crippen LogP contribution in [0.2, 0.25) is 0 Å². The van der Waals surface area contributed by atoms with Crippen molar-refractivity contribution in [2.24, 2.45) is 0 Å². The lowest BCUT2D eigenvalue weighted by Gasteiger charge is -2.11. The van der Waals surface area contributed by atoms with E-state index in [0.29, 0.717) is 18.3 Å². The molecule has 2 heterocycles. The van der Waals surface area contributed by atoms with Crippen molar-refractivity contribution in [3.8, 4) is 0 Å². The molecule has 1 atom stereocenters. The smallest absolute Gasteiger partial charge is 0.376 e. The van der Waals surface area contributed by atoms with Gasteiger partial charge < -0.3 is 10.1 Å². The summed E-state index contributed by atoms with van der Waals surface area (Å²) in [4.78, 5) is 23.9. The van der Waals surface area contributed by atoms with E-state index in [1.807, 2.05) is 0 Å². The summed E-state index contributed by atoms with van der Waals surface area (Å²) in [7, 11) is 0. The van der Waals surface area contributed by atoms with Gasteiger partial charge in [-0.3, -0.25) is 9.36 Å². The maximum Gasteiger partial charge on any atom is 0.416 e. The highest BCUT2D eigenvalue weighted by Gasteiger charge is 2.30. The Hall–Kier alpha value is -2.27. The Labute approximate surface area is 156 Å². The first-order valence-electron chi connectivity index (χ1n) is 8.19. The Morgan fingerprint density at radius 3 is 2.96 bits per heavy atom. The summed E-state index contributed by atoms with van der Waals surface area (Å²) < 4.78 is 45.1. The Bertz CT molecular complexity index is 859. The van der Waals surface area contributed by atoms with Crippen molar-refractivity contribution in [1.29, 1.82) is 0 Å². The van der Waals surface area contributed by atoms with Gasteiger partial charge >= 0.3 is 11.9 Å². The lowest BCUT2D eigenvalue weighted by molar-refractivity contribution is -0.137. The van der Waals surface area contributed by atoms with E-state index in [1.165, 1.54) is 16.7 Å². The summed E-state index contributed by atoms with van der Waals surface area (Å²) in [6.45, 7) is 0.992. The molecule has 0 bridgehead atoms. The molecule has 2 N–H and O–H groups in total. The number of hydrogen-bond acceptors (Lipinski definition) is 5. The molecule has 0 radical (unpaired) electrons. The molecule has 27 heavy (non-hydrogen) atoms. The summed E-state index contributed by atoms with van der Waals surface area (Å²) >= 11 is 1.02. The molecule has 1 fully saturated rings. The molecular weight excluding hydrogens is 385 g/mol. The Balaban J connectivity index is 1.59. The summed E-state index contributed by atoms with van der Waals surface area (Å²) in [5, 5.41) is 8.96. The molecule has 1 aliphatic rings. The number of carbonyl (C=O) groups excluding carboxylic acids is 1. The number of thioether (sulfide) groups is 1. The fraction of sp³-hybridized carbons (Fsp3) is 0.438. The molecule has 0 aliphatic carbocycles. The van der Waals surface area contributed by atoms with E-state index < -0.39 is 23.3 Å². The zero-order valence-electron chi connectivity index (χ0n) is 14.1. The Morgan fingerprint density at radius 2 is 2.26 bits per heavy atom. The molecule has 146 valence electrons. The number of aromatic nitrogens is 3. The number of amides is 1. The molecule has 1 aromatic carbocycles. The van der Waals surface area contributed by atoms with Gasteiger partial charge in [0, 0.05) is 12.3 Å². The van der Waals surface area contributed by atoms with E-state index >= 15 is 0 Å². The van der Waals surface area contributed by atoms with Gasteiger partial charge in [-0.2, -0.15) is 13.2 Å². The van der Waals surface area contributed by atoms with E-state index in [-0.39, 0.29) is 17.5 Å². The molecule has 0 spiro atoms. The van der Waals surface area contributed by atoms with E-state index in [0.717, 1.165) is 36.7 Å². The number of carbonyl (C=O) groups is 1. The summed E-state index contributed by atoms with van der Waals surface area (Å²) in [5.41, 5.74) is -1.19. The number of aromatic amines is 1. The molecule has 7 nitrogen and oxygen atoms in total. The van der Waals surface area contributed by atoms with Crippen LogP contribution in [0.25, 0.3) is 0 Å². The highest BCUT2D eigenvalue weighted by Crippen LogP contribution is 2.30. The van der Waals surface area contributed by atoms with Gasteiger partial charge in [0.2, 0.25) is 5.91 Å². The van der Waals surface area contributed by atoms with Crippen molar-refractivity contribution < 1.29 is 22.7 Å². The molecule has 11 heteroatoms. The lowest BCUT2D eigenvalue weighted by atomic mass is 10.2. The van der Waals surface area contributed by atoms with Gasteiger partial charge in [0.15, 0.2) is 5.16 Å². The van der Waals surface area contributed by atoms with Crippen LogP contribution in [0.1, 0.15) is 18.4 Å². The van der Waals surface area contributed by atoms with Crippen LogP contribution in [0.3, 0.4) is 0 Å². The number of anilines is 1. The fourth-order valence-corrected chi connectivity index (χ4v) is 3.42. The Morgan fingerprint density at radius 1 is 1.44 bits per heavy atom. The van der Waals surface area contributed by atoms with Gasteiger partial charge in [-0.05, 0) is 31.0 Å². The summed E-state index contributed by atoms with van der Waals surface area (Å²) in [5.74, 6) is -0.607. The largest absolute Gasteiger partial charge is 0.416 e. The van der Waals surface area contributed by atoms with Gasteiger partial charge in [0.05, 0.1) is 24.0 Å². The zero-order valence-corrected chi connectivity index (χ0v) is 14.9. The van der Waals surface area contributed by atoms with Crippen LogP contribution in [0.5, 0.6) is 0 Å². The second kappa shape index (κ2) is 8.17. The first-order valence-corrected chi connectivity index (χ1v) is 9.18. The molecule has 1 aromatic heterocycles. The van der Waals surface area contributed by atoms with E-state index in [2.05, 4.69) is 15.5 Å². The van der Waals surface area contributed by atoms with Gasteiger partial charge in [-0.15, -0.1) is 5.10 Å². The van der Waals surface area contributed by atoms with Crippen LogP contribution in [-0.2, 0) is 22.3 Å². The highest BCUT2D eigenvalue weighted by molar-refractivity contribution is 7.99. The van der Waals surface area contributed by atoms with Crippen LogP contribution in [0, 0.1) is 0 Å². The average molecular weight is 402 g/mol. The number of nitrogens with one attached hydrogen (secondary N) is 2. The molecule has 0 unspecified atom stereocenters. The number of ether oxygens (including phenoxy) is 1. The summed E-state index contributed by atoms with van der Waals surface area (Å²) in [6, 6.07) is 4.39. The fourth-order valence-electron chi connectivity index (χ4n) is 2.67. The summed E-state index contributed by atoms with van der Waals surface area (Å²) in [6.07, 6.45) is -2.78. The van der Waals surface area contributed by atoms with Crippen LogP contribution < -0.4 is 11.0 Å². The second-order valence-electron chi connectivity index (χ2n) is 5.97. The van der Waals surface area contributed by atoms with Gasteiger partial charge in [0.25, 0.3) is 0 Å². The number of H-pyrrole nitrogens is 1. The van der Waals surface area contributed by atoms with Crippen molar-refractivity contribution in [2.75, 3.05) is 17.7 Å². The third kappa shape index (κ3) is 5.13. The van der Waals surface area contributed by atoms with E-state index in [9.17, 15) is 22.8 Å². The predicted octanol–water partition coefficient (Wildman–Crippen LogP) is 2.50. The zero-order chi connectivity index (χ0) is 19.4. The van der Waals surface area contributed by atoms with Crippen LogP contribution >= 0.6 is 11.8 Å². The van der Waals surface area contributed by atoms with Gasteiger partial charge in [0.1, 0.15) is 0 Å². The molecule has 1 saturated heterocycles. The molecule has 3 rings (SSSR count). The third-order valence-corrected chi connectivity index (χ3v) is 4.92. The first-order chi connectivity index (χ1) is 12.8. The number of halogens is 3. The van der Waals surface area contributed by atoms with Crippen molar-refractivity contribution in [1.82, 2.24) is 14.8 Å². The maximum absolute atomic E-state index is 12.7. The second-order valence-corrected chi connectivity index (χ2v) is 6.91. The quantitative estimate of drug-likeness (QED) is 0.725. The number of rotatable bonds is 6. The van der Waals surface area contributed by atoms with Crippen molar-refractivity contribution in [3.05, 3.63) is 40.3 Å². The molecular formula is C16H17F3N4O3S. The van der Waals surface area contributed by atoms with Crippen LogP contribution in [0.15, 0.2) is 34.2 Å². The van der Waals surface area contributed by atoms with Crippen molar-refractivity contribution >= 4 is 23.4 Å². The first kappa shape index (κ1) is 19.5. The normalized spacial score (nSPS) is 17.2. The standard InChI is InChI=1S/C16H17F3N4O3S/c17-16(18,19)10-3-1-4-11(7-10)20-13(24)9-27-15-22-21-14(25)23(15)8-12-5-2-6-26-12/h1,3-4,7,12H,2,5-6,8-9H2,(H,20,24)(H,21,25)/t12-/m1/s1.